The van der Waals surface area contributed by atoms with E-state index in [-0.39, 0.29) is 0 Å². The molecule has 2 rings (SSSR count). The van der Waals surface area contributed by atoms with E-state index in [1.807, 2.05) is 13.0 Å². The molecule has 1 unspecified atom stereocenters. The molecule has 0 spiro atoms. The van der Waals surface area contributed by atoms with E-state index in [0.29, 0.717) is 6.04 Å². The molecule has 0 aromatic heterocycles. The van der Waals surface area contributed by atoms with Gasteiger partial charge in [0, 0.05) is 31.2 Å². The molecule has 0 aliphatic carbocycles. The fourth-order valence-electron chi connectivity index (χ4n) is 2.52. The van der Waals surface area contributed by atoms with Gasteiger partial charge in [0.15, 0.2) is 0 Å². The number of nitrogens with one attached hydrogen (secondary N) is 2. The minimum Gasteiger partial charge on any atom is -0.496 e. The maximum atomic E-state index is 5.53. The number of piperazine rings is 1. The SMILES string of the molecule is COc1ccc(CC2CNCCN2)c(OC)c1C. The highest BCUT2D eigenvalue weighted by atomic mass is 16.5. The number of hydrogen-bond donors (Lipinski definition) is 2. The van der Waals surface area contributed by atoms with E-state index in [4.69, 9.17) is 9.47 Å². The third-order valence-corrected chi connectivity index (χ3v) is 3.45. The summed E-state index contributed by atoms with van der Waals surface area (Å²) in [6, 6.07) is 4.59. The van der Waals surface area contributed by atoms with Gasteiger partial charge < -0.3 is 20.1 Å². The molecular weight excluding hydrogens is 228 g/mol. The van der Waals surface area contributed by atoms with E-state index in [1.165, 1.54) is 5.56 Å². The Labute approximate surface area is 109 Å². The maximum absolute atomic E-state index is 5.53. The summed E-state index contributed by atoms with van der Waals surface area (Å²) in [5.41, 5.74) is 2.30. The van der Waals surface area contributed by atoms with Crippen molar-refractivity contribution in [3.63, 3.8) is 0 Å². The number of rotatable bonds is 4. The topological polar surface area (TPSA) is 42.5 Å². The molecule has 1 aliphatic rings. The Morgan fingerprint density at radius 2 is 2.06 bits per heavy atom. The van der Waals surface area contributed by atoms with Crippen LogP contribution in [0.4, 0.5) is 0 Å². The molecule has 1 heterocycles. The largest absolute Gasteiger partial charge is 0.496 e. The van der Waals surface area contributed by atoms with E-state index < -0.39 is 0 Å². The van der Waals surface area contributed by atoms with Gasteiger partial charge in [-0.05, 0) is 25.0 Å². The molecule has 0 radical (unpaired) electrons. The summed E-state index contributed by atoms with van der Waals surface area (Å²) in [5.74, 6) is 1.83. The van der Waals surface area contributed by atoms with Crippen molar-refractivity contribution in [1.29, 1.82) is 0 Å². The van der Waals surface area contributed by atoms with Gasteiger partial charge in [-0.3, -0.25) is 0 Å². The Morgan fingerprint density at radius 1 is 1.22 bits per heavy atom. The zero-order valence-corrected chi connectivity index (χ0v) is 11.4. The summed E-state index contributed by atoms with van der Waals surface area (Å²) in [6.45, 7) is 5.12. The Hall–Kier alpha value is -1.26. The number of ether oxygens (including phenoxy) is 2. The highest BCUT2D eigenvalue weighted by Crippen LogP contribution is 2.31. The Bertz CT molecular complexity index is 401. The molecule has 1 aliphatic heterocycles. The van der Waals surface area contributed by atoms with Gasteiger partial charge in [-0.25, -0.2) is 0 Å². The van der Waals surface area contributed by atoms with Crippen LogP contribution in [-0.4, -0.2) is 39.9 Å². The molecule has 4 nitrogen and oxygen atoms in total. The first-order valence-corrected chi connectivity index (χ1v) is 6.40. The van der Waals surface area contributed by atoms with Crippen molar-refractivity contribution in [3.8, 4) is 11.5 Å². The average molecular weight is 250 g/mol. The van der Waals surface area contributed by atoms with Crippen molar-refractivity contribution in [2.24, 2.45) is 0 Å². The van der Waals surface area contributed by atoms with Crippen molar-refractivity contribution < 1.29 is 9.47 Å². The second kappa shape index (κ2) is 6.07. The molecule has 2 N–H and O–H groups in total. The number of methoxy groups -OCH3 is 2. The number of benzene rings is 1. The van der Waals surface area contributed by atoms with Crippen LogP contribution in [0.5, 0.6) is 11.5 Å². The first-order valence-electron chi connectivity index (χ1n) is 6.40. The molecule has 4 heteroatoms. The first-order chi connectivity index (χ1) is 8.76. The van der Waals surface area contributed by atoms with Crippen LogP contribution >= 0.6 is 0 Å². The lowest BCUT2D eigenvalue weighted by Gasteiger charge is -2.25. The summed E-state index contributed by atoms with van der Waals surface area (Å²) >= 11 is 0. The maximum Gasteiger partial charge on any atom is 0.128 e. The molecular formula is C14H22N2O2. The zero-order valence-electron chi connectivity index (χ0n) is 11.4. The molecule has 0 bridgehead atoms. The molecule has 1 aromatic rings. The Kier molecular flexibility index (Phi) is 4.44. The Balaban J connectivity index is 2.18. The first kappa shape index (κ1) is 13.2. The normalized spacial score (nSPS) is 19.6. The van der Waals surface area contributed by atoms with Gasteiger partial charge in [-0.2, -0.15) is 0 Å². The standard InChI is InChI=1S/C14H22N2O2/c1-10-13(17-2)5-4-11(14(10)18-3)8-12-9-15-6-7-16-12/h4-5,12,15-16H,6-9H2,1-3H3. The predicted molar refractivity (Wildman–Crippen MR) is 72.6 cm³/mol. The van der Waals surface area contributed by atoms with Crippen LogP contribution in [0.2, 0.25) is 0 Å². The minimum absolute atomic E-state index is 0.473. The summed E-state index contributed by atoms with van der Waals surface area (Å²) in [5, 5.41) is 6.92. The van der Waals surface area contributed by atoms with Crippen LogP contribution in [0.3, 0.4) is 0 Å². The predicted octanol–water partition coefficient (Wildman–Crippen LogP) is 1.12. The van der Waals surface area contributed by atoms with E-state index >= 15 is 0 Å². The second-order valence-electron chi connectivity index (χ2n) is 4.64. The minimum atomic E-state index is 0.473. The molecule has 18 heavy (non-hydrogen) atoms. The van der Waals surface area contributed by atoms with Gasteiger partial charge in [0.2, 0.25) is 0 Å². The summed E-state index contributed by atoms with van der Waals surface area (Å²) in [4.78, 5) is 0. The summed E-state index contributed by atoms with van der Waals surface area (Å²) < 4.78 is 10.9. The van der Waals surface area contributed by atoms with E-state index in [9.17, 15) is 0 Å². The third-order valence-electron chi connectivity index (χ3n) is 3.45. The molecule has 0 amide bonds. The monoisotopic (exact) mass is 250 g/mol. The van der Waals surface area contributed by atoms with Crippen LogP contribution in [-0.2, 0) is 6.42 Å². The zero-order chi connectivity index (χ0) is 13.0. The van der Waals surface area contributed by atoms with E-state index in [0.717, 1.165) is 43.1 Å². The lowest BCUT2D eigenvalue weighted by molar-refractivity contribution is 0.376. The van der Waals surface area contributed by atoms with Crippen molar-refractivity contribution in [3.05, 3.63) is 23.3 Å². The molecule has 0 saturated carbocycles. The van der Waals surface area contributed by atoms with Gasteiger partial charge in [-0.15, -0.1) is 0 Å². The highest BCUT2D eigenvalue weighted by Gasteiger charge is 2.17. The lowest BCUT2D eigenvalue weighted by Crippen LogP contribution is -2.49. The van der Waals surface area contributed by atoms with Gasteiger partial charge in [0.25, 0.3) is 0 Å². The van der Waals surface area contributed by atoms with E-state index in [2.05, 4.69) is 16.7 Å². The quantitative estimate of drug-likeness (QED) is 0.840. The van der Waals surface area contributed by atoms with Crippen LogP contribution in [0.1, 0.15) is 11.1 Å². The van der Waals surface area contributed by atoms with Crippen molar-refractivity contribution in [2.45, 2.75) is 19.4 Å². The van der Waals surface area contributed by atoms with Gasteiger partial charge >= 0.3 is 0 Å². The van der Waals surface area contributed by atoms with Gasteiger partial charge in [0.05, 0.1) is 14.2 Å². The van der Waals surface area contributed by atoms with Crippen molar-refractivity contribution in [2.75, 3.05) is 33.9 Å². The summed E-state index contributed by atoms with van der Waals surface area (Å²) in [7, 11) is 3.41. The molecule has 1 fully saturated rings. The Morgan fingerprint density at radius 3 is 2.67 bits per heavy atom. The van der Waals surface area contributed by atoms with E-state index in [1.54, 1.807) is 14.2 Å². The fourth-order valence-corrected chi connectivity index (χ4v) is 2.52. The van der Waals surface area contributed by atoms with Crippen LogP contribution in [0.15, 0.2) is 12.1 Å². The second-order valence-corrected chi connectivity index (χ2v) is 4.64. The van der Waals surface area contributed by atoms with Gasteiger partial charge in [-0.1, -0.05) is 6.07 Å². The molecule has 1 atom stereocenters. The van der Waals surface area contributed by atoms with Crippen molar-refractivity contribution in [1.82, 2.24) is 10.6 Å². The van der Waals surface area contributed by atoms with Crippen LogP contribution in [0.25, 0.3) is 0 Å². The van der Waals surface area contributed by atoms with Crippen LogP contribution < -0.4 is 20.1 Å². The third kappa shape index (κ3) is 2.76. The molecule has 1 aromatic carbocycles. The highest BCUT2D eigenvalue weighted by molar-refractivity contribution is 5.49. The fraction of sp³-hybridized carbons (Fsp3) is 0.571. The molecule has 1 saturated heterocycles. The number of hydrogen-bond acceptors (Lipinski definition) is 4. The van der Waals surface area contributed by atoms with Crippen LogP contribution in [0, 0.1) is 6.92 Å². The smallest absolute Gasteiger partial charge is 0.128 e. The lowest BCUT2D eigenvalue weighted by atomic mass is 10.0. The molecule has 100 valence electrons. The average Bonchev–Trinajstić information content (AvgIpc) is 2.40. The summed E-state index contributed by atoms with van der Waals surface area (Å²) in [6.07, 6.45) is 0.973. The van der Waals surface area contributed by atoms with Crippen molar-refractivity contribution >= 4 is 0 Å². The van der Waals surface area contributed by atoms with Gasteiger partial charge in [0.1, 0.15) is 11.5 Å².